The van der Waals surface area contributed by atoms with Crippen molar-refractivity contribution < 1.29 is 4.74 Å². The second-order valence-corrected chi connectivity index (χ2v) is 4.75. The number of nitrogens with zero attached hydrogens (tertiary/aromatic N) is 3. The predicted molar refractivity (Wildman–Crippen MR) is 80.6 cm³/mol. The van der Waals surface area contributed by atoms with E-state index in [1.165, 1.54) is 0 Å². The molecule has 2 rings (SSSR count). The fourth-order valence-electron chi connectivity index (χ4n) is 1.52. The van der Waals surface area contributed by atoms with Crippen LogP contribution < -0.4 is 10.1 Å². The highest BCUT2D eigenvalue weighted by Crippen LogP contribution is 2.32. The molecule has 7 heteroatoms. The number of rotatable bonds is 5. The molecule has 0 spiro atoms. The van der Waals surface area contributed by atoms with E-state index in [4.69, 9.17) is 27.9 Å². The van der Waals surface area contributed by atoms with Crippen molar-refractivity contribution in [1.82, 2.24) is 15.0 Å². The van der Waals surface area contributed by atoms with Crippen molar-refractivity contribution in [3.8, 4) is 17.4 Å². The van der Waals surface area contributed by atoms with Crippen LogP contribution in [-0.4, -0.2) is 28.6 Å². The second-order valence-electron chi connectivity index (χ2n) is 3.97. The van der Waals surface area contributed by atoms with Gasteiger partial charge in [-0.3, -0.25) is 0 Å². The van der Waals surface area contributed by atoms with Crippen LogP contribution in [-0.2, 0) is 0 Å². The Bertz CT molecular complexity index is 607. The molecule has 0 aliphatic rings. The third-order valence-corrected chi connectivity index (χ3v) is 3.29. The summed E-state index contributed by atoms with van der Waals surface area (Å²) >= 11 is 12.2. The van der Waals surface area contributed by atoms with Crippen molar-refractivity contribution in [2.45, 2.75) is 13.3 Å². The lowest BCUT2D eigenvalue weighted by Gasteiger charge is -2.09. The highest BCUT2D eigenvalue weighted by Gasteiger charge is 2.13. The van der Waals surface area contributed by atoms with Gasteiger partial charge >= 0.3 is 6.01 Å². The van der Waals surface area contributed by atoms with Gasteiger partial charge in [-0.15, -0.1) is 0 Å². The van der Waals surface area contributed by atoms with Gasteiger partial charge in [-0.2, -0.15) is 15.0 Å². The van der Waals surface area contributed by atoms with Crippen molar-refractivity contribution >= 4 is 29.2 Å². The Balaban J connectivity index is 2.47. The minimum absolute atomic E-state index is 0.261. The van der Waals surface area contributed by atoms with E-state index >= 15 is 0 Å². The molecule has 0 atom stereocenters. The predicted octanol–water partition coefficient (Wildman–Crippen LogP) is 3.68. The van der Waals surface area contributed by atoms with Crippen LogP contribution in [0.25, 0.3) is 11.4 Å². The van der Waals surface area contributed by atoms with E-state index in [9.17, 15) is 0 Å². The summed E-state index contributed by atoms with van der Waals surface area (Å²) in [6.07, 6.45) is 0.869. The van der Waals surface area contributed by atoms with Gasteiger partial charge in [0.2, 0.25) is 5.95 Å². The zero-order valence-corrected chi connectivity index (χ0v) is 12.7. The lowest BCUT2D eigenvalue weighted by Crippen LogP contribution is -2.06. The maximum absolute atomic E-state index is 6.19. The molecule has 1 aromatic carbocycles. The molecule has 5 nitrogen and oxygen atoms in total. The third-order valence-electron chi connectivity index (χ3n) is 2.47. The second kappa shape index (κ2) is 6.72. The van der Waals surface area contributed by atoms with Gasteiger partial charge in [0.05, 0.1) is 16.7 Å². The molecule has 0 saturated heterocycles. The van der Waals surface area contributed by atoms with Crippen LogP contribution in [0.1, 0.15) is 13.3 Å². The summed E-state index contributed by atoms with van der Waals surface area (Å²) in [7, 11) is 1.72. The first kappa shape index (κ1) is 14.8. The lowest BCUT2D eigenvalue weighted by atomic mass is 10.2. The molecule has 1 N–H and O–H groups in total. The summed E-state index contributed by atoms with van der Waals surface area (Å²) in [4.78, 5) is 12.7. The highest BCUT2D eigenvalue weighted by molar-refractivity contribution is 6.43. The van der Waals surface area contributed by atoms with Crippen LogP contribution in [0.5, 0.6) is 6.01 Å². The number of aromatic nitrogens is 3. The Labute approximate surface area is 127 Å². The van der Waals surface area contributed by atoms with E-state index in [0.29, 0.717) is 34.0 Å². The zero-order chi connectivity index (χ0) is 14.5. The number of ether oxygens (including phenoxy) is 1. The molecule has 0 radical (unpaired) electrons. The molecular weight excluding hydrogens is 299 g/mol. The molecule has 0 bridgehead atoms. The highest BCUT2D eigenvalue weighted by atomic mass is 35.5. The Morgan fingerprint density at radius 2 is 2.00 bits per heavy atom. The van der Waals surface area contributed by atoms with E-state index in [1.807, 2.05) is 6.92 Å². The number of halogens is 2. The average Bonchev–Trinajstić information content (AvgIpc) is 2.47. The molecule has 0 saturated carbocycles. The van der Waals surface area contributed by atoms with Gasteiger partial charge in [-0.25, -0.2) is 0 Å². The fourth-order valence-corrected chi connectivity index (χ4v) is 1.91. The molecule has 0 aliphatic carbocycles. The van der Waals surface area contributed by atoms with Crippen molar-refractivity contribution in [2.24, 2.45) is 0 Å². The van der Waals surface area contributed by atoms with Gasteiger partial charge < -0.3 is 10.1 Å². The van der Waals surface area contributed by atoms with E-state index in [0.717, 1.165) is 6.42 Å². The normalized spacial score (nSPS) is 10.4. The van der Waals surface area contributed by atoms with Crippen LogP contribution in [0.15, 0.2) is 18.2 Å². The summed E-state index contributed by atoms with van der Waals surface area (Å²) < 4.78 is 5.45. The fraction of sp³-hybridized carbons (Fsp3) is 0.308. The Morgan fingerprint density at radius 1 is 1.20 bits per heavy atom. The largest absolute Gasteiger partial charge is 0.463 e. The summed E-state index contributed by atoms with van der Waals surface area (Å²) in [5.41, 5.74) is 0.638. The van der Waals surface area contributed by atoms with E-state index < -0.39 is 0 Å². The molecule has 106 valence electrons. The monoisotopic (exact) mass is 312 g/mol. The van der Waals surface area contributed by atoms with Crippen LogP contribution in [0.3, 0.4) is 0 Å². The van der Waals surface area contributed by atoms with Gasteiger partial charge in [0.25, 0.3) is 0 Å². The zero-order valence-electron chi connectivity index (χ0n) is 11.2. The Morgan fingerprint density at radius 3 is 2.70 bits per heavy atom. The molecule has 0 amide bonds. The molecule has 20 heavy (non-hydrogen) atoms. The summed E-state index contributed by atoms with van der Waals surface area (Å²) in [6.45, 7) is 2.55. The summed E-state index contributed by atoms with van der Waals surface area (Å²) in [5.74, 6) is 0.833. The topological polar surface area (TPSA) is 59.9 Å². The number of hydrogen-bond donors (Lipinski definition) is 1. The Kier molecular flexibility index (Phi) is 4.98. The van der Waals surface area contributed by atoms with Gasteiger partial charge in [0.15, 0.2) is 5.82 Å². The number of hydrogen-bond acceptors (Lipinski definition) is 5. The Hall–Kier alpha value is -1.59. The molecule has 0 aliphatic heterocycles. The first-order chi connectivity index (χ1) is 9.65. The van der Waals surface area contributed by atoms with E-state index in [-0.39, 0.29) is 6.01 Å². The first-order valence-corrected chi connectivity index (χ1v) is 6.92. The lowest BCUT2D eigenvalue weighted by molar-refractivity contribution is 0.292. The number of benzene rings is 1. The first-order valence-electron chi connectivity index (χ1n) is 6.16. The molecule has 0 fully saturated rings. The van der Waals surface area contributed by atoms with Gasteiger partial charge in [-0.05, 0) is 18.6 Å². The molecule has 2 aromatic rings. The van der Waals surface area contributed by atoms with Crippen LogP contribution in [0, 0.1) is 0 Å². The van der Waals surface area contributed by atoms with Crippen molar-refractivity contribution in [1.29, 1.82) is 0 Å². The minimum atomic E-state index is 0.261. The van der Waals surface area contributed by atoms with Crippen molar-refractivity contribution in [3.05, 3.63) is 28.2 Å². The van der Waals surface area contributed by atoms with Gasteiger partial charge in [0.1, 0.15) is 0 Å². The standard InChI is InChI=1S/C13H14Cl2N4O/c1-3-7-20-13-18-11(17-12(16-2)19-13)8-5-4-6-9(14)10(8)15/h4-6H,3,7H2,1-2H3,(H,16,17,18,19). The summed E-state index contributed by atoms with van der Waals surface area (Å²) in [5, 5.41) is 3.73. The quantitative estimate of drug-likeness (QED) is 0.912. The maximum atomic E-state index is 6.19. The van der Waals surface area contributed by atoms with E-state index in [2.05, 4.69) is 20.3 Å². The SMILES string of the molecule is CCCOc1nc(NC)nc(-c2cccc(Cl)c2Cl)n1. The summed E-state index contributed by atoms with van der Waals surface area (Å²) in [6, 6.07) is 5.56. The van der Waals surface area contributed by atoms with Gasteiger partial charge in [-0.1, -0.05) is 36.2 Å². The van der Waals surface area contributed by atoms with Crippen LogP contribution in [0.2, 0.25) is 10.0 Å². The number of anilines is 1. The van der Waals surface area contributed by atoms with E-state index in [1.54, 1.807) is 25.2 Å². The molecule has 1 heterocycles. The van der Waals surface area contributed by atoms with Gasteiger partial charge in [0, 0.05) is 12.6 Å². The molecular formula is C13H14Cl2N4O. The van der Waals surface area contributed by atoms with Crippen LogP contribution in [0.4, 0.5) is 5.95 Å². The van der Waals surface area contributed by atoms with Crippen LogP contribution >= 0.6 is 23.2 Å². The molecule has 1 aromatic heterocycles. The van der Waals surface area contributed by atoms with Crippen molar-refractivity contribution in [3.63, 3.8) is 0 Å². The minimum Gasteiger partial charge on any atom is -0.463 e. The smallest absolute Gasteiger partial charge is 0.321 e. The third kappa shape index (κ3) is 3.29. The molecule has 0 unspecified atom stereocenters. The maximum Gasteiger partial charge on any atom is 0.321 e. The average molecular weight is 313 g/mol. The van der Waals surface area contributed by atoms with Crippen molar-refractivity contribution in [2.75, 3.05) is 19.0 Å². The number of nitrogens with one attached hydrogen (secondary N) is 1.